The summed E-state index contributed by atoms with van der Waals surface area (Å²) in [4.78, 5) is 14.4. The van der Waals surface area contributed by atoms with E-state index in [0.29, 0.717) is 23.8 Å². The van der Waals surface area contributed by atoms with Gasteiger partial charge in [0.15, 0.2) is 0 Å². The molecule has 4 heteroatoms. The van der Waals surface area contributed by atoms with Gasteiger partial charge in [-0.3, -0.25) is 4.79 Å². The van der Waals surface area contributed by atoms with Gasteiger partial charge < -0.3 is 10.2 Å². The van der Waals surface area contributed by atoms with Gasteiger partial charge in [-0.05, 0) is 43.7 Å². The first-order valence-electron chi connectivity index (χ1n) is 8.89. The summed E-state index contributed by atoms with van der Waals surface area (Å²) in [6, 6.07) is 8.72. The second-order valence-electron chi connectivity index (χ2n) is 7.03. The van der Waals surface area contributed by atoms with Crippen molar-refractivity contribution in [3.63, 3.8) is 0 Å². The summed E-state index contributed by atoms with van der Waals surface area (Å²) < 4.78 is 0. The lowest BCUT2D eigenvalue weighted by molar-refractivity contribution is -0.134. The van der Waals surface area contributed by atoms with E-state index in [9.17, 15) is 4.79 Å². The lowest BCUT2D eigenvalue weighted by atomic mass is 9.88. The lowest BCUT2D eigenvalue weighted by Crippen LogP contribution is -2.51. The predicted octanol–water partition coefficient (Wildman–Crippen LogP) is 4.03. The number of likely N-dealkylation sites (tertiary alicyclic amines) is 1. The highest BCUT2D eigenvalue weighted by molar-refractivity contribution is 6.31. The number of benzene rings is 1. The van der Waals surface area contributed by atoms with Gasteiger partial charge in [-0.15, -0.1) is 0 Å². The van der Waals surface area contributed by atoms with Gasteiger partial charge in [-0.25, -0.2) is 0 Å². The number of amides is 1. The first-order chi connectivity index (χ1) is 11.1. The molecular formula is C19H27ClN2O. The monoisotopic (exact) mass is 334 g/mol. The standard InChI is InChI=1S/C19H27ClN2O/c1-3-14-12-22(19(23)15-8-9-15)11-10-18(14)21-13(2)16-6-4-5-7-17(16)20/h4-7,13-15,18,21H,3,8-12H2,1-2H3/t13-,14-,18-/m1/s1. The Morgan fingerprint density at radius 2 is 2.09 bits per heavy atom. The zero-order valence-corrected chi connectivity index (χ0v) is 14.9. The number of halogens is 1. The van der Waals surface area contributed by atoms with Crippen LogP contribution in [-0.4, -0.2) is 29.9 Å². The molecule has 1 aliphatic carbocycles. The van der Waals surface area contributed by atoms with E-state index in [1.54, 1.807) is 0 Å². The van der Waals surface area contributed by atoms with Crippen LogP contribution in [0, 0.1) is 11.8 Å². The summed E-state index contributed by atoms with van der Waals surface area (Å²) in [5.74, 6) is 1.25. The molecule has 1 aromatic carbocycles. The molecule has 1 amide bonds. The Morgan fingerprint density at radius 3 is 2.74 bits per heavy atom. The Bertz CT molecular complexity index is 558. The minimum Gasteiger partial charge on any atom is -0.342 e. The van der Waals surface area contributed by atoms with Gasteiger partial charge in [-0.2, -0.15) is 0 Å². The molecule has 1 heterocycles. The van der Waals surface area contributed by atoms with Crippen LogP contribution in [0.1, 0.15) is 51.1 Å². The van der Waals surface area contributed by atoms with E-state index >= 15 is 0 Å². The van der Waals surface area contributed by atoms with Crippen molar-refractivity contribution in [2.24, 2.45) is 11.8 Å². The van der Waals surface area contributed by atoms with Crippen LogP contribution in [0.4, 0.5) is 0 Å². The third-order valence-corrected chi connectivity index (χ3v) is 5.68. The lowest BCUT2D eigenvalue weighted by Gasteiger charge is -2.40. The van der Waals surface area contributed by atoms with Crippen molar-refractivity contribution >= 4 is 17.5 Å². The van der Waals surface area contributed by atoms with Gasteiger partial charge in [0.2, 0.25) is 5.91 Å². The molecule has 2 fully saturated rings. The smallest absolute Gasteiger partial charge is 0.225 e. The average Bonchev–Trinajstić information content (AvgIpc) is 3.39. The molecule has 3 atom stereocenters. The van der Waals surface area contributed by atoms with Crippen LogP contribution >= 0.6 is 11.6 Å². The van der Waals surface area contributed by atoms with Crippen molar-refractivity contribution in [2.75, 3.05) is 13.1 Å². The Hall–Kier alpha value is -1.06. The summed E-state index contributed by atoms with van der Waals surface area (Å²) in [6.45, 7) is 6.19. The van der Waals surface area contributed by atoms with Gasteiger partial charge in [0, 0.05) is 36.1 Å². The second-order valence-corrected chi connectivity index (χ2v) is 7.44. The first kappa shape index (κ1) is 16.8. The molecule has 2 aliphatic rings. The molecule has 1 saturated carbocycles. The molecule has 1 aromatic rings. The number of carbonyl (C=O) groups excluding carboxylic acids is 1. The predicted molar refractivity (Wildman–Crippen MR) is 94.5 cm³/mol. The normalized spacial score (nSPS) is 26.1. The summed E-state index contributed by atoms with van der Waals surface area (Å²) in [5.41, 5.74) is 1.15. The second kappa shape index (κ2) is 7.23. The Kier molecular flexibility index (Phi) is 5.27. The van der Waals surface area contributed by atoms with E-state index in [1.807, 2.05) is 18.2 Å². The van der Waals surface area contributed by atoms with Crippen LogP contribution in [0.25, 0.3) is 0 Å². The zero-order chi connectivity index (χ0) is 16.4. The SMILES string of the molecule is CC[C@@H]1CN(C(=O)C2CC2)CC[C@H]1N[C@H](C)c1ccccc1Cl. The van der Waals surface area contributed by atoms with E-state index in [4.69, 9.17) is 11.6 Å². The van der Waals surface area contributed by atoms with Crippen LogP contribution in [0.5, 0.6) is 0 Å². The number of carbonyl (C=O) groups is 1. The van der Waals surface area contributed by atoms with Crippen molar-refractivity contribution in [1.29, 1.82) is 0 Å². The number of nitrogens with zero attached hydrogens (tertiary/aromatic N) is 1. The molecule has 3 nitrogen and oxygen atoms in total. The quantitative estimate of drug-likeness (QED) is 0.881. The van der Waals surface area contributed by atoms with E-state index in [-0.39, 0.29) is 6.04 Å². The number of hydrogen-bond acceptors (Lipinski definition) is 2. The third-order valence-electron chi connectivity index (χ3n) is 5.33. The molecule has 0 radical (unpaired) electrons. The topological polar surface area (TPSA) is 32.3 Å². The van der Waals surface area contributed by atoms with Crippen LogP contribution < -0.4 is 5.32 Å². The Labute approximate surface area is 144 Å². The summed E-state index contributed by atoms with van der Waals surface area (Å²) >= 11 is 6.32. The van der Waals surface area contributed by atoms with E-state index in [0.717, 1.165) is 49.4 Å². The van der Waals surface area contributed by atoms with E-state index in [1.165, 1.54) is 0 Å². The molecule has 23 heavy (non-hydrogen) atoms. The third kappa shape index (κ3) is 3.89. The largest absolute Gasteiger partial charge is 0.342 e. The highest BCUT2D eigenvalue weighted by Crippen LogP contribution is 2.33. The summed E-state index contributed by atoms with van der Waals surface area (Å²) in [5, 5.41) is 4.58. The maximum absolute atomic E-state index is 12.3. The maximum Gasteiger partial charge on any atom is 0.225 e. The molecule has 0 aromatic heterocycles. The molecule has 126 valence electrons. The van der Waals surface area contributed by atoms with Crippen molar-refractivity contribution < 1.29 is 4.79 Å². The van der Waals surface area contributed by atoms with Crippen LogP contribution in [0.15, 0.2) is 24.3 Å². The average molecular weight is 335 g/mol. The molecule has 1 saturated heterocycles. The van der Waals surface area contributed by atoms with E-state index < -0.39 is 0 Å². The first-order valence-corrected chi connectivity index (χ1v) is 9.27. The minimum absolute atomic E-state index is 0.230. The van der Waals surface area contributed by atoms with Crippen LogP contribution in [-0.2, 0) is 4.79 Å². The zero-order valence-electron chi connectivity index (χ0n) is 14.1. The summed E-state index contributed by atoms with van der Waals surface area (Å²) in [6.07, 6.45) is 4.32. The van der Waals surface area contributed by atoms with Crippen molar-refractivity contribution in [3.8, 4) is 0 Å². The summed E-state index contributed by atoms with van der Waals surface area (Å²) in [7, 11) is 0. The molecule has 0 bridgehead atoms. The molecule has 1 aliphatic heterocycles. The Balaban J connectivity index is 1.61. The highest BCUT2D eigenvalue weighted by Gasteiger charge is 2.37. The maximum atomic E-state index is 12.3. The Morgan fingerprint density at radius 1 is 1.35 bits per heavy atom. The van der Waals surface area contributed by atoms with Gasteiger partial charge >= 0.3 is 0 Å². The van der Waals surface area contributed by atoms with Crippen LogP contribution in [0.3, 0.4) is 0 Å². The van der Waals surface area contributed by atoms with E-state index in [2.05, 4.69) is 30.1 Å². The molecular weight excluding hydrogens is 308 g/mol. The minimum atomic E-state index is 0.230. The fraction of sp³-hybridized carbons (Fsp3) is 0.632. The van der Waals surface area contributed by atoms with Crippen molar-refractivity contribution in [3.05, 3.63) is 34.9 Å². The fourth-order valence-corrected chi connectivity index (χ4v) is 3.99. The van der Waals surface area contributed by atoms with Crippen molar-refractivity contribution in [1.82, 2.24) is 10.2 Å². The highest BCUT2D eigenvalue weighted by atomic mass is 35.5. The number of rotatable bonds is 5. The molecule has 3 rings (SSSR count). The van der Waals surface area contributed by atoms with Crippen molar-refractivity contribution in [2.45, 2.75) is 51.6 Å². The van der Waals surface area contributed by atoms with Gasteiger partial charge in [-0.1, -0.05) is 43.1 Å². The van der Waals surface area contributed by atoms with Crippen LogP contribution in [0.2, 0.25) is 5.02 Å². The molecule has 1 N–H and O–H groups in total. The molecule has 0 unspecified atom stereocenters. The number of hydrogen-bond donors (Lipinski definition) is 1. The number of nitrogens with one attached hydrogen (secondary N) is 1. The fourth-order valence-electron chi connectivity index (χ4n) is 3.69. The van der Waals surface area contributed by atoms with Gasteiger partial charge in [0.1, 0.15) is 0 Å². The molecule has 0 spiro atoms. The van der Waals surface area contributed by atoms with Gasteiger partial charge in [0.25, 0.3) is 0 Å². The number of piperidine rings is 1. The van der Waals surface area contributed by atoms with Gasteiger partial charge in [0.05, 0.1) is 0 Å².